The fourth-order valence-corrected chi connectivity index (χ4v) is 4.57. The summed E-state index contributed by atoms with van der Waals surface area (Å²) < 4.78 is 23.1. The zero-order chi connectivity index (χ0) is 28.3. The van der Waals surface area contributed by atoms with Crippen molar-refractivity contribution in [3.63, 3.8) is 0 Å². The lowest BCUT2D eigenvalue weighted by Crippen LogP contribution is -2.40. The van der Waals surface area contributed by atoms with E-state index in [9.17, 15) is 9.59 Å². The van der Waals surface area contributed by atoms with Crippen molar-refractivity contribution < 1.29 is 28.5 Å². The molecule has 2 aliphatic heterocycles. The van der Waals surface area contributed by atoms with Crippen LogP contribution in [0.25, 0.3) is 16.8 Å². The third-order valence-corrected chi connectivity index (χ3v) is 6.55. The summed E-state index contributed by atoms with van der Waals surface area (Å²) in [5, 5.41) is 3.01. The Labute approximate surface area is 232 Å². The van der Waals surface area contributed by atoms with Gasteiger partial charge in [-0.3, -0.25) is 4.79 Å². The summed E-state index contributed by atoms with van der Waals surface area (Å²) in [5.74, 6) is 0.891. The van der Waals surface area contributed by atoms with Crippen molar-refractivity contribution in [2.24, 2.45) is 0 Å². The number of ether oxygens (including phenoxy) is 4. The largest absolute Gasteiger partial charge is 0.494 e. The van der Waals surface area contributed by atoms with Gasteiger partial charge in [-0.05, 0) is 45.7 Å². The summed E-state index contributed by atoms with van der Waals surface area (Å²) in [6.07, 6.45) is 6.16. The molecule has 11 heteroatoms. The average molecular weight is 550 g/mol. The van der Waals surface area contributed by atoms with E-state index < -0.39 is 11.9 Å². The highest BCUT2D eigenvalue weighted by molar-refractivity contribution is 6.06. The van der Waals surface area contributed by atoms with Crippen LogP contribution in [-0.2, 0) is 14.2 Å². The molecule has 1 aromatic carbocycles. The lowest BCUT2D eigenvalue weighted by atomic mass is 10.2. The zero-order valence-corrected chi connectivity index (χ0v) is 23.2. The summed E-state index contributed by atoms with van der Waals surface area (Å²) in [6, 6.07) is 7.42. The minimum atomic E-state index is -0.650. The quantitative estimate of drug-likeness (QED) is 0.379. The normalized spacial score (nSPS) is 18.7. The van der Waals surface area contributed by atoms with Gasteiger partial charge in [0, 0.05) is 30.9 Å². The Bertz CT molecular complexity index is 1410. The van der Waals surface area contributed by atoms with Gasteiger partial charge in [0.05, 0.1) is 17.7 Å². The van der Waals surface area contributed by atoms with Gasteiger partial charge in [-0.25, -0.2) is 14.8 Å². The van der Waals surface area contributed by atoms with Crippen LogP contribution in [0.3, 0.4) is 0 Å². The van der Waals surface area contributed by atoms with Crippen molar-refractivity contribution in [3.8, 4) is 5.75 Å². The molecule has 1 fully saturated rings. The molecule has 2 aliphatic rings. The van der Waals surface area contributed by atoms with E-state index in [1.807, 2.05) is 45.0 Å². The van der Waals surface area contributed by atoms with Crippen LogP contribution in [0.15, 0.2) is 43.1 Å². The Balaban J connectivity index is 1.24. The molecule has 3 aromatic rings. The number of unbranched alkanes of at least 4 members (excludes halogenated alkanes) is 1. The molecule has 0 spiro atoms. The smallest absolute Gasteiger partial charge is 0.410 e. The van der Waals surface area contributed by atoms with Gasteiger partial charge in [0.25, 0.3) is 12.2 Å². The predicted molar refractivity (Wildman–Crippen MR) is 147 cm³/mol. The van der Waals surface area contributed by atoms with Crippen LogP contribution >= 0.6 is 0 Å². The summed E-state index contributed by atoms with van der Waals surface area (Å²) in [6.45, 7) is 9.15. The standard InChI is InChI=1S/C29H35N5O6/c1-5-6-12-37-20-9-7-8-18(13-20)27-38-16-22(39-27)24-25-23(31-17-32-24)21(14-30-25)26(35)33-19-10-11-34(15-19)28(36)40-29(2,3)4/h7-9,13-14,16-17,19,27,30H,5-6,10-12,15H2,1-4H3,(H,33,35)/t19-,27?/m1/s1. The van der Waals surface area contributed by atoms with Crippen LogP contribution in [0, 0.1) is 0 Å². The number of likely N-dealkylation sites (tertiary alicyclic amines) is 1. The summed E-state index contributed by atoms with van der Waals surface area (Å²) >= 11 is 0. The number of fused-ring (bicyclic) bond motifs is 1. The summed E-state index contributed by atoms with van der Waals surface area (Å²) in [5.41, 5.74) is 2.12. The molecule has 11 nitrogen and oxygen atoms in total. The van der Waals surface area contributed by atoms with Crippen molar-refractivity contribution in [1.82, 2.24) is 25.2 Å². The Morgan fingerprint density at radius 2 is 2.10 bits per heavy atom. The van der Waals surface area contributed by atoms with Crippen LogP contribution in [0.4, 0.5) is 4.79 Å². The molecule has 1 saturated heterocycles. The van der Waals surface area contributed by atoms with Gasteiger partial charge in [0.15, 0.2) is 5.76 Å². The number of carbonyl (C=O) groups is 2. The first kappa shape index (κ1) is 27.3. The number of nitrogens with zero attached hydrogens (tertiary/aromatic N) is 3. The zero-order valence-electron chi connectivity index (χ0n) is 23.2. The molecule has 2 atom stereocenters. The van der Waals surface area contributed by atoms with E-state index in [-0.39, 0.29) is 18.0 Å². The van der Waals surface area contributed by atoms with E-state index in [2.05, 4.69) is 27.2 Å². The van der Waals surface area contributed by atoms with Crippen LogP contribution in [-0.4, -0.2) is 63.2 Å². The third kappa shape index (κ3) is 6.13. The number of hydrogen-bond acceptors (Lipinski definition) is 8. The van der Waals surface area contributed by atoms with E-state index in [4.69, 9.17) is 18.9 Å². The molecular weight excluding hydrogens is 514 g/mol. The number of H-pyrrole nitrogens is 1. The van der Waals surface area contributed by atoms with Crippen LogP contribution in [0.1, 0.15) is 74.9 Å². The maximum absolute atomic E-state index is 13.2. The van der Waals surface area contributed by atoms with Crippen molar-refractivity contribution in [1.29, 1.82) is 0 Å². The molecule has 0 radical (unpaired) electrons. The van der Waals surface area contributed by atoms with Gasteiger partial charge in [0.2, 0.25) is 0 Å². The minimum Gasteiger partial charge on any atom is -0.494 e. The molecule has 40 heavy (non-hydrogen) atoms. The lowest BCUT2D eigenvalue weighted by molar-refractivity contribution is -0.0173. The summed E-state index contributed by atoms with van der Waals surface area (Å²) in [7, 11) is 0. The molecule has 0 saturated carbocycles. The fraction of sp³-hybridized carbons (Fsp3) is 0.448. The van der Waals surface area contributed by atoms with Crippen molar-refractivity contribution in [2.75, 3.05) is 19.7 Å². The maximum atomic E-state index is 13.2. The van der Waals surface area contributed by atoms with E-state index in [1.165, 1.54) is 12.6 Å². The number of aromatic nitrogens is 3. The SMILES string of the molecule is CCCCOc1cccc(C2OC=C(c3ncnc4c(C(=O)N[C@@H]5CCN(C(=O)OC(C)(C)C)C5)c[nH]c34)O2)c1. The van der Waals surface area contributed by atoms with Gasteiger partial charge in [-0.15, -0.1) is 0 Å². The van der Waals surface area contributed by atoms with Gasteiger partial charge >= 0.3 is 6.09 Å². The molecule has 0 bridgehead atoms. The predicted octanol–water partition coefficient (Wildman–Crippen LogP) is 4.92. The number of amides is 2. The molecule has 2 N–H and O–H groups in total. The Kier molecular flexibility index (Phi) is 7.81. The van der Waals surface area contributed by atoms with Crippen LogP contribution < -0.4 is 10.1 Å². The minimum absolute atomic E-state index is 0.192. The van der Waals surface area contributed by atoms with Gasteiger partial charge in [0.1, 0.15) is 35.2 Å². The van der Waals surface area contributed by atoms with Crippen LogP contribution in [0.5, 0.6) is 5.75 Å². The highest BCUT2D eigenvalue weighted by Gasteiger charge is 2.32. The van der Waals surface area contributed by atoms with E-state index in [0.717, 1.165) is 24.2 Å². The topological polar surface area (TPSA) is 128 Å². The highest BCUT2D eigenvalue weighted by atomic mass is 16.7. The monoisotopic (exact) mass is 549 g/mol. The second-order valence-corrected chi connectivity index (χ2v) is 10.9. The number of carbonyl (C=O) groups excluding carboxylic acids is 2. The molecule has 0 aliphatic carbocycles. The van der Waals surface area contributed by atoms with E-state index in [0.29, 0.717) is 54.2 Å². The number of aromatic amines is 1. The molecule has 2 aromatic heterocycles. The molecular formula is C29H35N5O6. The van der Waals surface area contributed by atoms with Gasteiger partial charge in [-0.2, -0.15) is 0 Å². The number of hydrogen-bond donors (Lipinski definition) is 2. The number of rotatable bonds is 8. The Hall–Kier alpha value is -4.28. The van der Waals surface area contributed by atoms with Crippen molar-refractivity contribution in [2.45, 2.75) is 64.9 Å². The van der Waals surface area contributed by atoms with E-state index in [1.54, 1.807) is 11.1 Å². The molecule has 2 amide bonds. The Morgan fingerprint density at radius 1 is 1.25 bits per heavy atom. The van der Waals surface area contributed by atoms with Gasteiger partial charge < -0.3 is 34.1 Å². The van der Waals surface area contributed by atoms with Crippen molar-refractivity contribution in [3.05, 3.63) is 59.9 Å². The maximum Gasteiger partial charge on any atom is 0.410 e. The average Bonchev–Trinajstić information content (AvgIpc) is 3.67. The first-order valence-electron chi connectivity index (χ1n) is 13.6. The first-order chi connectivity index (χ1) is 19.2. The van der Waals surface area contributed by atoms with Crippen molar-refractivity contribution >= 4 is 28.8 Å². The van der Waals surface area contributed by atoms with Gasteiger partial charge in [-0.1, -0.05) is 25.5 Å². The first-order valence-corrected chi connectivity index (χ1v) is 13.6. The lowest BCUT2D eigenvalue weighted by Gasteiger charge is -2.24. The Morgan fingerprint density at radius 3 is 2.90 bits per heavy atom. The second-order valence-electron chi connectivity index (χ2n) is 10.9. The second kappa shape index (κ2) is 11.4. The molecule has 4 heterocycles. The van der Waals surface area contributed by atoms with E-state index >= 15 is 0 Å². The molecule has 212 valence electrons. The summed E-state index contributed by atoms with van der Waals surface area (Å²) in [4.78, 5) is 39.0. The van der Waals surface area contributed by atoms with Crippen LogP contribution in [0.2, 0.25) is 0 Å². The molecule has 1 unspecified atom stereocenters. The highest BCUT2D eigenvalue weighted by Crippen LogP contribution is 2.36. The number of benzene rings is 1. The fourth-order valence-electron chi connectivity index (χ4n) is 4.57. The molecule has 5 rings (SSSR count). The number of nitrogens with one attached hydrogen (secondary N) is 2. The third-order valence-electron chi connectivity index (χ3n) is 6.55.